The maximum atomic E-state index is 13.7. The summed E-state index contributed by atoms with van der Waals surface area (Å²) in [6, 6.07) is 27.3. The second-order valence-electron chi connectivity index (χ2n) is 12.9. The van der Waals surface area contributed by atoms with E-state index in [9.17, 15) is 4.79 Å². The average molecular weight is 600 g/mol. The van der Waals surface area contributed by atoms with E-state index in [0.717, 1.165) is 64.2 Å². The molecule has 6 aromatic rings. The minimum Gasteiger partial charge on any atom is -0.467 e. The summed E-state index contributed by atoms with van der Waals surface area (Å²) in [4.78, 5) is 20.0. The van der Waals surface area contributed by atoms with Crippen LogP contribution in [0.4, 0.5) is 5.00 Å². The third-order valence-corrected chi connectivity index (χ3v) is 10.2. The Kier molecular flexibility index (Phi) is 7.47. The molecule has 1 atom stereocenters. The Hall–Kier alpha value is -4.42. The fourth-order valence-corrected chi connectivity index (χ4v) is 7.82. The van der Waals surface area contributed by atoms with Crippen LogP contribution in [0.15, 0.2) is 101 Å². The number of rotatable bonds is 7. The summed E-state index contributed by atoms with van der Waals surface area (Å²) < 4.78 is 7.77. The molecule has 0 unspecified atom stereocenters. The molecular formula is C38H37N3O2S. The van der Waals surface area contributed by atoms with E-state index in [2.05, 4.69) is 104 Å². The molecule has 0 spiro atoms. The first-order valence-electron chi connectivity index (χ1n) is 15.4. The van der Waals surface area contributed by atoms with Crippen molar-refractivity contribution < 1.29 is 9.21 Å². The minimum absolute atomic E-state index is 0.0846. The van der Waals surface area contributed by atoms with Gasteiger partial charge >= 0.3 is 0 Å². The summed E-state index contributed by atoms with van der Waals surface area (Å²) in [5.74, 6) is 1.23. The lowest BCUT2D eigenvalue weighted by molar-refractivity contribution is 0.0947. The van der Waals surface area contributed by atoms with Crippen molar-refractivity contribution in [3.05, 3.63) is 124 Å². The maximum Gasteiger partial charge on any atom is 0.255 e. The molecule has 5 nitrogen and oxygen atoms in total. The van der Waals surface area contributed by atoms with Crippen LogP contribution in [0, 0.1) is 11.3 Å². The number of nitrogens with one attached hydrogen (secondary N) is 1. The molecule has 7 rings (SSSR count). The van der Waals surface area contributed by atoms with Crippen LogP contribution < -0.4 is 5.32 Å². The average Bonchev–Trinajstić information content (AvgIpc) is 3.76. The van der Waals surface area contributed by atoms with Crippen molar-refractivity contribution in [2.24, 2.45) is 16.3 Å². The fraction of sp³-hybridized carbons (Fsp3) is 0.263. The molecule has 1 aliphatic carbocycles. The van der Waals surface area contributed by atoms with Gasteiger partial charge in [0.1, 0.15) is 10.8 Å². The third kappa shape index (κ3) is 5.50. The van der Waals surface area contributed by atoms with Crippen molar-refractivity contribution in [1.29, 1.82) is 0 Å². The van der Waals surface area contributed by atoms with Gasteiger partial charge in [-0.2, -0.15) is 0 Å². The largest absolute Gasteiger partial charge is 0.467 e. The number of carbonyl (C=O) groups excluding carboxylic acids is 1. The Morgan fingerprint density at radius 3 is 2.64 bits per heavy atom. The highest BCUT2D eigenvalue weighted by atomic mass is 32.1. The van der Waals surface area contributed by atoms with Crippen LogP contribution in [-0.4, -0.2) is 16.7 Å². The topological polar surface area (TPSA) is 59.5 Å². The molecule has 0 fully saturated rings. The molecule has 3 aromatic heterocycles. The van der Waals surface area contributed by atoms with E-state index in [0.29, 0.717) is 12.5 Å². The Labute approximate surface area is 262 Å². The van der Waals surface area contributed by atoms with Gasteiger partial charge in [0, 0.05) is 40.3 Å². The highest BCUT2D eigenvalue weighted by Gasteiger charge is 2.33. The normalized spacial score (nSPS) is 15.3. The number of nitrogens with zero attached hydrogens (tertiary/aromatic N) is 2. The summed E-state index contributed by atoms with van der Waals surface area (Å²) in [6.07, 6.45) is 8.74. The first-order chi connectivity index (χ1) is 21.3. The lowest BCUT2D eigenvalue weighted by Crippen LogP contribution is -2.28. The number of furan rings is 1. The second-order valence-corrected chi connectivity index (χ2v) is 14.0. The van der Waals surface area contributed by atoms with Crippen LogP contribution in [0.25, 0.3) is 21.7 Å². The molecule has 3 heterocycles. The molecular weight excluding hydrogens is 563 g/mol. The van der Waals surface area contributed by atoms with Gasteiger partial charge in [0.15, 0.2) is 0 Å². The van der Waals surface area contributed by atoms with Crippen molar-refractivity contribution in [2.75, 3.05) is 0 Å². The number of benzene rings is 3. The maximum absolute atomic E-state index is 13.7. The lowest BCUT2D eigenvalue weighted by atomic mass is 9.72. The number of aliphatic imine (C=N–C) groups is 1. The minimum atomic E-state index is -0.0846. The number of fused-ring (bicyclic) bond motifs is 3. The van der Waals surface area contributed by atoms with E-state index in [1.54, 1.807) is 17.6 Å². The molecule has 1 aliphatic rings. The van der Waals surface area contributed by atoms with E-state index in [4.69, 9.17) is 9.41 Å². The molecule has 0 saturated carbocycles. The van der Waals surface area contributed by atoms with Gasteiger partial charge in [-0.05, 0) is 70.7 Å². The van der Waals surface area contributed by atoms with Crippen molar-refractivity contribution in [3.63, 3.8) is 0 Å². The molecule has 0 bridgehead atoms. The van der Waals surface area contributed by atoms with Crippen molar-refractivity contribution in [1.82, 2.24) is 9.88 Å². The summed E-state index contributed by atoms with van der Waals surface area (Å²) in [7, 11) is 0. The molecule has 44 heavy (non-hydrogen) atoms. The Morgan fingerprint density at radius 2 is 1.82 bits per heavy atom. The smallest absolute Gasteiger partial charge is 0.255 e. The molecule has 1 amide bonds. The number of para-hydroxylation sites is 1. The highest BCUT2D eigenvalue weighted by Crippen LogP contribution is 2.45. The monoisotopic (exact) mass is 599 g/mol. The van der Waals surface area contributed by atoms with Gasteiger partial charge in [-0.1, -0.05) is 81.4 Å². The van der Waals surface area contributed by atoms with Crippen LogP contribution in [0.3, 0.4) is 0 Å². The SMILES string of the molecule is CC(C)(C)[C@@H]1CCc2c(sc(N=Cc3cn(Cc4cccc5ccccc45)c4ccccc34)c2C(=O)NCc2ccco2)C1. The van der Waals surface area contributed by atoms with E-state index in [1.165, 1.54) is 21.2 Å². The standard InChI is InChI=1S/C38H37N3O2S/c1-38(2,3)28-17-18-32-34(20-28)44-37(35(32)36(42)39-22-29-13-9-19-43-29)40-21-27-24-41(33-16-7-6-15-31(27)33)23-26-12-8-11-25-10-4-5-14-30(25)26/h4-16,19,21,24,28H,17-18,20,22-23H2,1-3H3,(H,39,42)/t28-/m1/s1. The Bertz CT molecular complexity index is 1980. The molecule has 6 heteroatoms. The van der Waals surface area contributed by atoms with Crippen LogP contribution in [0.5, 0.6) is 0 Å². The van der Waals surface area contributed by atoms with Gasteiger partial charge in [-0.25, -0.2) is 4.99 Å². The Balaban J connectivity index is 1.24. The predicted molar refractivity (Wildman–Crippen MR) is 181 cm³/mol. The zero-order chi connectivity index (χ0) is 30.3. The van der Waals surface area contributed by atoms with Gasteiger partial charge < -0.3 is 14.3 Å². The first-order valence-corrected chi connectivity index (χ1v) is 16.2. The molecule has 0 radical (unpaired) electrons. The van der Waals surface area contributed by atoms with Gasteiger partial charge in [0.25, 0.3) is 5.91 Å². The van der Waals surface area contributed by atoms with Crippen molar-refractivity contribution >= 4 is 50.1 Å². The van der Waals surface area contributed by atoms with Gasteiger partial charge in [-0.15, -0.1) is 11.3 Å². The van der Waals surface area contributed by atoms with Gasteiger partial charge in [0.2, 0.25) is 0 Å². The summed E-state index contributed by atoms with van der Waals surface area (Å²) in [5, 5.41) is 7.54. The number of hydrogen-bond donors (Lipinski definition) is 1. The van der Waals surface area contributed by atoms with Crippen molar-refractivity contribution in [3.8, 4) is 0 Å². The third-order valence-electron chi connectivity index (χ3n) is 9.06. The summed E-state index contributed by atoms with van der Waals surface area (Å²) in [6.45, 7) is 8.07. The number of aromatic nitrogens is 1. The van der Waals surface area contributed by atoms with E-state index < -0.39 is 0 Å². The van der Waals surface area contributed by atoms with Crippen LogP contribution in [-0.2, 0) is 25.9 Å². The van der Waals surface area contributed by atoms with Crippen LogP contribution in [0.1, 0.15) is 64.9 Å². The molecule has 222 valence electrons. The van der Waals surface area contributed by atoms with Crippen LogP contribution >= 0.6 is 11.3 Å². The number of thiophene rings is 1. The summed E-state index contributed by atoms with van der Waals surface area (Å²) in [5.41, 5.74) is 5.59. The number of amides is 1. The fourth-order valence-electron chi connectivity index (χ4n) is 6.56. The van der Waals surface area contributed by atoms with Crippen LogP contribution in [0.2, 0.25) is 0 Å². The molecule has 3 aromatic carbocycles. The second kappa shape index (κ2) is 11.6. The highest BCUT2D eigenvalue weighted by molar-refractivity contribution is 7.16. The lowest BCUT2D eigenvalue weighted by Gasteiger charge is -2.33. The van der Waals surface area contributed by atoms with E-state index in [-0.39, 0.29) is 11.3 Å². The quantitative estimate of drug-likeness (QED) is 0.186. The zero-order valence-electron chi connectivity index (χ0n) is 25.5. The van der Waals surface area contributed by atoms with Gasteiger partial charge in [-0.3, -0.25) is 4.79 Å². The Morgan fingerprint density at radius 1 is 1.02 bits per heavy atom. The molecule has 0 saturated heterocycles. The molecule has 0 aliphatic heterocycles. The van der Waals surface area contributed by atoms with E-state index in [1.807, 2.05) is 18.3 Å². The number of hydrogen-bond acceptors (Lipinski definition) is 4. The first kappa shape index (κ1) is 28.4. The predicted octanol–water partition coefficient (Wildman–Crippen LogP) is 9.33. The van der Waals surface area contributed by atoms with E-state index >= 15 is 0 Å². The summed E-state index contributed by atoms with van der Waals surface area (Å²) >= 11 is 1.68. The molecule has 1 N–H and O–H groups in total. The van der Waals surface area contributed by atoms with Gasteiger partial charge in [0.05, 0.1) is 18.4 Å². The number of carbonyl (C=O) groups is 1. The zero-order valence-corrected chi connectivity index (χ0v) is 26.3. The van der Waals surface area contributed by atoms with Crippen molar-refractivity contribution in [2.45, 2.75) is 53.1 Å².